The van der Waals surface area contributed by atoms with Gasteiger partial charge in [-0.15, -0.1) is 0 Å². The lowest BCUT2D eigenvalue weighted by atomic mass is 9.96. The molecule has 0 amide bonds. The number of rotatable bonds is 6. The van der Waals surface area contributed by atoms with Crippen LogP contribution in [0.25, 0.3) is 5.69 Å². The van der Waals surface area contributed by atoms with Crippen molar-refractivity contribution in [3.8, 4) is 17.2 Å². The summed E-state index contributed by atoms with van der Waals surface area (Å²) in [5, 5.41) is 5.24. The minimum Gasteiger partial charge on any atom is -0.495 e. The van der Waals surface area contributed by atoms with Crippen molar-refractivity contribution in [2.24, 2.45) is 0 Å². The van der Waals surface area contributed by atoms with Crippen LogP contribution in [0.2, 0.25) is 10.0 Å². The molecule has 0 aliphatic carbocycles. The molecular formula is C28H26Cl2N4O2S. The van der Waals surface area contributed by atoms with E-state index < -0.39 is 0 Å². The molecule has 3 heterocycles. The van der Waals surface area contributed by atoms with Gasteiger partial charge in [-0.05, 0) is 86.2 Å². The SMILES string of the molecule is COc1ccc(N2C(=S)N[C@@H](c3ccccn3)[C@@H]2c2cc(C)n(-c3cc(Cl)ccc3OC)c2C)cc1Cl. The van der Waals surface area contributed by atoms with Gasteiger partial charge >= 0.3 is 0 Å². The number of nitrogens with zero attached hydrogens (tertiary/aromatic N) is 3. The molecule has 1 fully saturated rings. The molecule has 0 saturated carbocycles. The molecule has 5 rings (SSSR count). The van der Waals surface area contributed by atoms with Crippen molar-refractivity contribution in [2.45, 2.75) is 25.9 Å². The Kier molecular flexibility index (Phi) is 7.03. The minimum absolute atomic E-state index is 0.190. The zero-order valence-corrected chi connectivity index (χ0v) is 23.2. The molecule has 2 aromatic carbocycles. The summed E-state index contributed by atoms with van der Waals surface area (Å²) < 4.78 is 13.2. The Hall–Kier alpha value is -3.26. The van der Waals surface area contributed by atoms with E-state index in [1.165, 1.54) is 0 Å². The number of aryl methyl sites for hydroxylation is 1. The lowest BCUT2D eigenvalue weighted by Gasteiger charge is -2.28. The smallest absolute Gasteiger partial charge is 0.174 e. The number of anilines is 1. The van der Waals surface area contributed by atoms with Crippen molar-refractivity contribution in [3.63, 3.8) is 0 Å². The Balaban J connectivity index is 1.70. The zero-order chi connectivity index (χ0) is 26.3. The lowest BCUT2D eigenvalue weighted by Crippen LogP contribution is -2.29. The standard InChI is InChI=1S/C28H26Cl2N4O2S/c1-16-13-20(17(2)33(16)23-14-18(29)8-10-25(23)36-4)27-26(22-7-5-6-12-31-22)32-28(37)34(27)19-9-11-24(35-3)21(30)15-19/h5-15,26-27H,1-4H3,(H,32,37)/t26-,27-/m0/s1. The van der Waals surface area contributed by atoms with Gasteiger partial charge in [0.2, 0.25) is 0 Å². The van der Waals surface area contributed by atoms with E-state index >= 15 is 0 Å². The Labute approximate surface area is 231 Å². The van der Waals surface area contributed by atoms with Crippen molar-refractivity contribution >= 4 is 46.2 Å². The lowest BCUT2D eigenvalue weighted by molar-refractivity contribution is 0.412. The highest BCUT2D eigenvalue weighted by molar-refractivity contribution is 7.80. The molecule has 190 valence electrons. The molecule has 0 unspecified atom stereocenters. The van der Waals surface area contributed by atoms with E-state index in [1.54, 1.807) is 20.4 Å². The van der Waals surface area contributed by atoms with E-state index in [4.69, 9.17) is 44.9 Å². The number of hydrogen-bond acceptors (Lipinski definition) is 4. The first kappa shape index (κ1) is 25.4. The number of halogens is 2. The fourth-order valence-electron chi connectivity index (χ4n) is 5.05. The second-order valence-electron chi connectivity index (χ2n) is 8.79. The maximum Gasteiger partial charge on any atom is 0.174 e. The van der Waals surface area contributed by atoms with Crippen LogP contribution in [0.1, 0.15) is 34.7 Å². The van der Waals surface area contributed by atoms with Gasteiger partial charge in [-0.3, -0.25) is 4.98 Å². The fraction of sp³-hybridized carbons (Fsp3) is 0.214. The second-order valence-corrected chi connectivity index (χ2v) is 10.0. The van der Waals surface area contributed by atoms with Crippen LogP contribution >= 0.6 is 35.4 Å². The summed E-state index contributed by atoms with van der Waals surface area (Å²) in [6.45, 7) is 4.17. The molecular weight excluding hydrogens is 527 g/mol. The molecule has 1 saturated heterocycles. The summed E-state index contributed by atoms with van der Waals surface area (Å²) in [5.41, 5.74) is 5.80. The van der Waals surface area contributed by atoms with Crippen LogP contribution in [-0.2, 0) is 0 Å². The van der Waals surface area contributed by atoms with Crippen LogP contribution in [-0.4, -0.2) is 28.9 Å². The van der Waals surface area contributed by atoms with E-state index in [9.17, 15) is 0 Å². The van der Waals surface area contributed by atoms with Crippen LogP contribution < -0.4 is 19.7 Å². The van der Waals surface area contributed by atoms with Gasteiger partial charge in [-0.1, -0.05) is 29.3 Å². The van der Waals surface area contributed by atoms with Crippen LogP contribution in [0.5, 0.6) is 11.5 Å². The molecule has 0 spiro atoms. The fourth-order valence-corrected chi connectivity index (χ4v) is 5.81. The van der Waals surface area contributed by atoms with Gasteiger partial charge in [0.25, 0.3) is 0 Å². The van der Waals surface area contributed by atoms with Crippen molar-refractivity contribution in [3.05, 3.63) is 99.6 Å². The number of benzene rings is 2. The Morgan fingerprint density at radius 1 is 0.946 bits per heavy atom. The first-order chi connectivity index (χ1) is 17.8. The monoisotopic (exact) mass is 552 g/mol. The zero-order valence-electron chi connectivity index (χ0n) is 20.8. The van der Waals surface area contributed by atoms with E-state index in [1.807, 2.05) is 54.6 Å². The Bertz CT molecular complexity index is 1470. The number of nitrogens with one attached hydrogen (secondary N) is 1. The van der Waals surface area contributed by atoms with Gasteiger partial charge in [-0.25, -0.2) is 0 Å². The summed E-state index contributed by atoms with van der Waals surface area (Å²) in [7, 11) is 3.26. The van der Waals surface area contributed by atoms with Gasteiger partial charge in [0.1, 0.15) is 11.5 Å². The average Bonchev–Trinajstić information content (AvgIpc) is 3.39. The quantitative estimate of drug-likeness (QED) is 0.260. The molecule has 0 radical (unpaired) electrons. The Morgan fingerprint density at radius 2 is 1.70 bits per heavy atom. The molecule has 4 aromatic rings. The van der Waals surface area contributed by atoms with Crippen LogP contribution in [0.3, 0.4) is 0 Å². The van der Waals surface area contributed by atoms with Crippen molar-refractivity contribution in [1.82, 2.24) is 14.9 Å². The first-order valence-corrected chi connectivity index (χ1v) is 12.9. The number of aromatic nitrogens is 2. The predicted molar refractivity (Wildman–Crippen MR) is 153 cm³/mol. The molecule has 37 heavy (non-hydrogen) atoms. The molecule has 1 N–H and O–H groups in total. The van der Waals surface area contributed by atoms with E-state index in [0.717, 1.165) is 39.8 Å². The largest absolute Gasteiger partial charge is 0.495 e. The van der Waals surface area contributed by atoms with E-state index in [2.05, 4.69) is 39.7 Å². The molecule has 6 nitrogen and oxygen atoms in total. The number of hydrogen-bond donors (Lipinski definition) is 1. The van der Waals surface area contributed by atoms with Gasteiger partial charge in [0, 0.05) is 28.3 Å². The minimum atomic E-state index is -0.197. The third-order valence-electron chi connectivity index (χ3n) is 6.68. The number of methoxy groups -OCH3 is 2. The maximum absolute atomic E-state index is 6.53. The average molecular weight is 554 g/mol. The molecule has 0 bridgehead atoms. The molecule has 2 atom stereocenters. The highest BCUT2D eigenvalue weighted by atomic mass is 35.5. The molecule has 9 heteroatoms. The van der Waals surface area contributed by atoms with Crippen molar-refractivity contribution < 1.29 is 9.47 Å². The van der Waals surface area contributed by atoms with Crippen molar-refractivity contribution in [2.75, 3.05) is 19.1 Å². The van der Waals surface area contributed by atoms with E-state index in [0.29, 0.717) is 20.9 Å². The van der Waals surface area contributed by atoms with Crippen LogP contribution in [0, 0.1) is 13.8 Å². The van der Waals surface area contributed by atoms with Gasteiger partial charge in [0.15, 0.2) is 5.11 Å². The molecule has 2 aromatic heterocycles. The van der Waals surface area contributed by atoms with Gasteiger partial charge < -0.3 is 24.3 Å². The summed E-state index contributed by atoms with van der Waals surface area (Å²) in [6.07, 6.45) is 1.80. The van der Waals surface area contributed by atoms with Crippen molar-refractivity contribution in [1.29, 1.82) is 0 Å². The van der Waals surface area contributed by atoms with Crippen LogP contribution in [0.4, 0.5) is 5.69 Å². The molecule has 1 aliphatic rings. The summed E-state index contributed by atoms with van der Waals surface area (Å²) >= 11 is 18.8. The summed E-state index contributed by atoms with van der Waals surface area (Å²) in [6, 6.07) is 19.0. The van der Waals surface area contributed by atoms with E-state index in [-0.39, 0.29) is 12.1 Å². The third-order valence-corrected chi connectivity index (χ3v) is 7.53. The van der Waals surface area contributed by atoms with Crippen LogP contribution in [0.15, 0.2) is 66.9 Å². The predicted octanol–water partition coefficient (Wildman–Crippen LogP) is 6.99. The number of thiocarbonyl (C=S) groups is 1. The molecule has 1 aliphatic heterocycles. The Morgan fingerprint density at radius 3 is 2.38 bits per heavy atom. The highest BCUT2D eigenvalue weighted by Crippen LogP contribution is 2.45. The topological polar surface area (TPSA) is 51.5 Å². The van der Waals surface area contributed by atoms with Gasteiger partial charge in [-0.2, -0.15) is 0 Å². The summed E-state index contributed by atoms with van der Waals surface area (Å²) in [4.78, 5) is 6.76. The first-order valence-electron chi connectivity index (χ1n) is 11.7. The number of ether oxygens (including phenoxy) is 2. The normalized spacial score (nSPS) is 17.1. The maximum atomic E-state index is 6.53. The van der Waals surface area contributed by atoms with Gasteiger partial charge in [0.05, 0.1) is 42.7 Å². The summed E-state index contributed by atoms with van der Waals surface area (Å²) in [5.74, 6) is 1.34. The second kappa shape index (κ2) is 10.2. The third kappa shape index (κ3) is 4.52. The highest BCUT2D eigenvalue weighted by Gasteiger charge is 2.42. The number of pyridine rings is 1.